The van der Waals surface area contributed by atoms with Crippen LogP contribution in [-0.4, -0.2) is 43.0 Å². The van der Waals surface area contributed by atoms with Gasteiger partial charge in [-0.05, 0) is 5.56 Å². The summed E-state index contributed by atoms with van der Waals surface area (Å²) in [6, 6.07) is 9.97. The minimum atomic E-state index is -0.272. The average molecular weight is 245 g/mol. The SMILES string of the molecule is NC(=O)C1CN(C/C=C/c2ccccc2)CCN1. The molecular formula is C14H19N3O. The summed E-state index contributed by atoms with van der Waals surface area (Å²) in [5, 5.41) is 3.12. The largest absolute Gasteiger partial charge is 0.368 e. The number of primary amides is 1. The van der Waals surface area contributed by atoms with Crippen molar-refractivity contribution in [1.29, 1.82) is 0 Å². The molecule has 1 atom stereocenters. The van der Waals surface area contributed by atoms with Gasteiger partial charge in [-0.15, -0.1) is 0 Å². The molecule has 4 heteroatoms. The van der Waals surface area contributed by atoms with Crippen LogP contribution in [0.3, 0.4) is 0 Å². The summed E-state index contributed by atoms with van der Waals surface area (Å²) < 4.78 is 0. The lowest BCUT2D eigenvalue weighted by Gasteiger charge is -2.31. The molecule has 0 aromatic heterocycles. The molecule has 1 unspecified atom stereocenters. The number of amides is 1. The smallest absolute Gasteiger partial charge is 0.235 e. The number of carbonyl (C=O) groups excluding carboxylic acids is 1. The maximum absolute atomic E-state index is 11.1. The predicted octanol–water partition coefficient (Wildman–Crippen LogP) is 0.459. The summed E-state index contributed by atoms with van der Waals surface area (Å²) in [5.41, 5.74) is 6.50. The van der Waals surface area contributed by atoms with E-state index in [2.05, 4.69) is 34.5 Å². The molecule has 1 aromatic rings. The van der Waals surface area contributed by atoms with Gasteiger partial charge in [-0.1, -0.05) is 42.5 Å². The van der Waals surface area contributed by atoms with Crippen LogP contribution in [0, 0.1) is 0 Å². The quantitative estimate of drug-likeness (QED) is 0.810. The second-order valence-electron chi connectivity index (χ2n) is 4.48. The van der Waals surface area contributed by atoms with E-state index in [4.69, 9.17) is 5.73 Å². The molecule has 0 aliphatic carbocycles. The molecule has 1 saturated heterocycles. The highest BCUT2D eigenvalue weighted by Gasteiger charge is 2.22. The van der Waals surface area contributed by atoms with Crippen molar-refractivity contribution in [2.75, 3.05) is 26.2 Å². The molecule has 1 heterocycles. The highest BCUT2D eigenvalue weighted by atomic mass is 16.1. The van der Waals surface area contributed by atoms with Crippen LogP contribution in [0.1, 0.15) is 5.56 Å². The van der Waals surface area contributed by atoms with E-state index < -0.39 is 0 Å². The highest BCUT2D eigenvalue weighted by Crippen LogP contribution is 2.03. The van der Waals surface area contributed by atoms with Crippen molar-refractivity contribution in [3.63, 3.8) is 0 Å². The van der Waals surface area contributed by atoms with E-state index in [0.29, 0.717) is 6.54 Å². The molecule has 2 rings (SSSR count). The van der Waals surface area contributed by atoms with Gasteiger partial charge in [0.25, 0.3) is 0 Å². The van der Waals surface area contributed by atoms with Crippen LogP contribution in [0.5, 0.6) is 0 Å². The first-order valence-electron chi connectivity index (χ1n) is 6.22. The Bertz CT molecular complexity index is 416. The van der Waals surface area contributed by atoms with Crippen molar-refractivity contribution in [2.24, 2.45) is 5.73 Å². The highest BCUT2D eigenvalue weighted by molar-refractivity contribution is 5.80. The van der Waals surface area contributed by atoms with Gasteiger partial charge in [0.15, 0.2) is 0 Å². The lowest BCUT2D eigenvalue weighted by atomic mass is 10.2. The minimum Gasteiger partial charge on any atom is -0.368 e. The van der Waals surface area contributed by atoms with Crippen LogP contribution in [0.15, 0.2) is 36.4 Å². The van der Waals surface area contributed by atoms with Crippen molar-refractivity contribution < 1.29 is 4.79 Å². The van der Waals surface area contributed by atoms with Crippen molar-refractivity contribution in [3.05, 3.63) is 42.0 Å². The molecule has 0 spiro atoms. The van der Waals surface area contributed by atoms with Crippen LogP contribution in [0.25, 0.3) is 6.08 Å². The van der Waals surface area contributed by atoms with Gasteiger partial charge in [-0.2, -0.15) is 0 Å². The van der Waals surface area contributed by atoms with E-state index >= 15 is 0 Å². The minimum absolute atomic E-state index is 0.219. The summed E-state index contributed by atoms with van der Waals surface area (Å²) in [5.74, 6) is -0.272. The first kappa shape index (κ1) is 12.8. The van der Waals surface area contributed by atoms with E-state index in [0.717, 1.165) is 19.6 Å². The third-order valence-corrected chi connectivity index (χ3v) is 3.08. The van der Waals surface area contributed by atoms with Gasteiger partial charge in [0.1, 0.15) is 0 Å². The Morgan fingerprint density at radius 2 is 2.22 bits per heavy atom. The summed E-state index contributed by atoms with van der Waals surface area (Å²) in [4.78, 5) is 13.3. The van der Waals surface area contributed by atoms with Gasteiger partial charge in [0, 0.05) is 26.2 Å². The fourth-order valence-electron chi connectivity index (χ4n) is 2.07. The molecule has 1 fully saturated rings. The number of nitrogens with zero attached hydrogens (tertiary/aromatic N) is 1. The van der Waals surface area contributed by atoms with E-state index in [1.54, 1.807) is 0 Å². The van der Waals surface area contributed by atoms with Crippen LogP contribution in [0.2, 0.25) is 0 Å². The summed E-state index contributed by atoms with van der Waals surface area (Å²) in [6.07, 6.45) is 4.22. The Kier molecular flexibility index (Phi) is 4.50. The van der Waals surface area contributed by atoms with Crippen molar-refractivity contribution in [3.8, 4) is 0 Å². The molecule has 96 valence electrons. The predicted molar refractivity (Wildman–Crippen MR) is 72.9 cm³/mol. The van der Waals surface area contributed by atoms with Crippen molar-refractivity contribution >= 4 is 12.0 Å². The number of benzene rings is 1. The molecule has 3 N–H and O–H groups in total. The Morgan fingerprint density at radius 1 is 1.44 bits per heavy atom. The van der Waals surface area contributed by atoms with Gasteiger partial charge in [-0.3, -0.25) is 9.69 Å². The fraction of sp³-hybridized carbons (Fsp3) is 0.357. The molecule has 1 aromatic carbocycles. The normalized spacial score (nSPS) is 21.2. The Labute approximate surface area is 107 Å². The second kappa shape index (κ2) is 6.33. The van der Waals surface area contributed by atoms with Crippen LogP contribution < -0.4 is 11.1 Å². The van der Waals surface area contributed by atoms with E-state index in [9.17, 15) is 4.79 Å². The zero-order valence-corrected chi connectivity index (χ0v) is 10.4. The molecule has 1 aliphatic rings. The number of carbonyl (C=O) groups is 1. The summed E-state index contributed by atoms with van der Waals surface area (Å²) in [7, 11) is 0. The molecule has 1 amide bonds. The lowest BCUT2D eigenvalue weighted by Crippen LogP contribution is -2.56. The van der Waals surface area contributed by atoms with Gasteiger partial charge >= 0.3 is 0 Å². The Balaban J connectivity index is 1.83. The molecule has 1 aliphatic heterocycles. The zero-order valence-electron chi connectivity index (χ0n) is 10.4. The van der Waals surface area contributed by atoms with E-state index in [1.165, 1.54) is 5.56 Å². The van der Waals surface area contributed by atoms with Gasteiger partial charge in [0.2, 0.25) is 5.91 Å². The number of nitrogens with one attached hydrogen (secondary N) is 1. The van der Waals surface area contributed by atoms with Gasteiger partial charge < -0.3 is 11.1 Å². The number of rotatable bonds is 4. The third-order valence-electron chi connectivity index (χ3n) is 3.08. The van der Waals surface area contributed by atoms with Crippen LogP contribution in [0.4, 0.5) is 0 Å². The van der Waals surface area contributed by atoms with Crippen LogP contribution >= 0.6 is 0 Å². The average Bonchev–Trinajstić information content (AvgIpc) is 2.40. The van der Waals surface area contributed by atoms with Crippen molar-refractivity contribution in [1.82, 2.24) is 10.2 Å². The Morgan fingerprint density at radius 3 is 2.94 bits per heavy atom. The van der Waals surface area contributed by atoms with Crippen molar-refractivity contribution in [2.45, 2.75) is 6.04 Å². The number of hydrogen-bond acceptors (Lipinski definition) is 3. The van der Waals surface area contributed by atoms with Crippen LogP contribution in [-0.2, 0) is 4.79 Å². The third kappa shape index (κ3) is 3.68. The van der Waals surface area contributed by atoms with Gasteiger partial charge in [0.05, 0.1) is 6.04 Å². The Hall–Kier alpha value is -1.65. The monoisotopic (exact) mass is 245 g/mol. The molecule has 0 bridgehead atoms. The summed E-state index contributed by atoms with van der Waals surface area (Å²) in [6.45, 7) is 3.30. The first-order valence-corrected chi connectivity index (χ1v) is 6.22. The van der Waals surface area contributed by atoms with E-state index in [1.807, 2.05) is 18.2 Å². The van der Waals surface area contributed by atoms with E-state index in [-0.39, 0.29) is 11.9 Å². The van der Waals surface area contributed by atoms with Gasteiger partial charge in [-0.25, -0.2) is 0 Å². The molecular weight excluding hydrogens is 226 g/mol. The number of nitrogens with two attached hydrogens (primary N) is 1. The maximum atomic E-state index is 11.1. The summed E-state index contributed by atoms with van der Waals surface area (Å²) >= 11 is 0. The standard InChI is InChI=1S/C14H19N3O/c15-14(18)13-11-17(10-8-16-13)9-4-7-12-5-2-1-3-6-12/h1-7,13,16H,8-11H2,(H2,15,18)/b7-4+. The maximum Gasteiger partial charge on any atom is 0.235 e. The molecule has 18 heavy (non-hydrogen) atoms. The number of piperazine rings is 1. The lowest BCUT2D eigenvalue weighted by molar-refractivity contribution is -0.121. The molecule has 0 radical (unpaired) electrons. The topological polar surface area (TPSA) is 58.4 Å². The number of hydrogen-bond donors (Lipinski definition) is 2. The zero-order chi connectivity index (χ0) is 12.8. The molecule has 0 saturated carbocycles. The second-order valence-corrected chi connectivity index (χ2v) is 4.48. The first-order chi connectivity index (χ1) is 8.75. The fourth-order valence-corrected chi connectivity index (χ4v) is 2.07. The molecule has 4 nitrogen and oxygen atoms in total.